The number of benzene rings is 4. The predicted molar refractivity (Wildman–Crippen MR) is 152 cm³/mol. The summed E-state index contributed by atoms with van der Waals surface area (Å²) in [5, 5.41) is 18.4. The highest BCUT2D eigenvalue weighted by atomic mass is 35.5. The maximum Gasteiger partial charge on any atom is 0.131 e. The van der Waals surface area contributed by atoms with Crippen LogP contribution in [-0.2, 0) is 6.54 Å². The number of halogens is 1. The number of hydrogen-bond acceptors (Lipinski definition) is 2. The molecule has 4 heteroatoms. The molecule has 3 aliphatic heterocycles. The number of para-hydroxylation sites is 1. The molecule has 38 heavy (non-hydrogen) atoms. The van der Waals surface area contributed by atoms with E-state index in [1.807, 2.05) is 30.5 Å². The molecule has 0 spiro atoms. The molecule has 0 radical (unpaired) electrons. The number of rotatable bonds is 5. The van der Waals surface area contributed by atoms with E-state index < -0.39 is 6.10 Å². The lowest BCUT2D eigenvalue weighted by Gasteiger charge is -2.58. The first-order valence-corrected chi connectivity index (χ1v) is 13.6. The van der Waals surface area contributed by atoms with Gasteiger partial charge in [0.15, 0.2) is 0 Å². The van der Waals surface area contributed by atoms with Crippen molar-refractivity contribution in [2.45, 2.75) is 31.5 Å². The average Bonchev–Trinajstić information content (AvgIpc) is 2.96. The van der Waals surface area contributed by atoms with Gasteiger partial charge in [0.2, 0.25) is 0 Å². The quantitative estimate of drug-likeness (QED) is 0.214. The molecule has 3 fully saturated rings. The Morgan fingerprint density at radius 2 is 1.58 bits per heavy atom. The van der Waals surface area contributed by atoms with Gasteiger partial charge in [-0.3, -0.25) is 4.98 Å². The zero-order valence-corrected chi connectivity index (χ0v) is 22.3. The predicted octanol–water partition coefficient (Wildman–Crippen LogP) is 4.19. The molecule has 4 heterocycles. The van der Waals surface area contributed by atoms with Crippen molar-refractivity contribution in [3.63, 3.8) is 0 Å². The fourth-order valence-electron chi connectivity index (χ4n) is 7.56. The topological polar surface area (TPSA) is 33.1 Å². The van der Waals surface area contributed by atoms with Crippen LogP contribution in [0.25, 0.3) is 32.4 Å². The van der Waals surface area contributed by atoms with Gasteiger partial charge in [-0.25, -0.2) is 0 Å². The monoisotopic (exact) mass is 520 g/mol. The number of aliphatic hydroxyl groups excluding tert-OH is 1. The van der Waals surface area contributed by atoms with Crippen LogP contribution < -0.4 is 12.4 Å². The first-order valence-electron chi connectivity index (χ1n) is 13.6. The highest BCUT2D eigenvalue weighted by Gasteiger charge is 2.54. The molecule has 0 amide bonds. The third-order valence-electron chi connectivity index (χ3n) is 9.40. The first-order chi connectivity index (χ1) is 18.2. The van der Waals surface area contributed by atoms with Crippen LogP contribution in [0.5, 0.6) is 0 Å². The Balaban J connectivity index is 0.00000264. The van der Waals surface area contributed by atoms with Crippen molar-refractivity contribution in [2.24, 2.45) is 11.8 Å². The van der Waals surface area contributed by atoms with Gasteiger partial charge in [-0.1, -0.05) is 72.8 Å². The summed E-state index contributed by atoms with van der Waals surface area (Å²) in [6.07, 6.45) is 5.72. The van der Waals surface area contributed by atoms with Gasteiger partial charge in [0.25, 0.3) is 0 Å². The van der Waals surface area contributed by atoms with E-state index in [1.54, 1.807) is 0 Å². The summed E-state index contributed by atoms with van der Waals surface area (Å²) in [5.41, 5.74) is 3.37. The van der Waals surface area contributed by atoms with E-state index in [9.17, 15) is 5.11 Å². The third kappa shape index (κ3) is 3.92. The second-order valence-corrected chi connectivity index (χ2v) is 11.2. The van der Waals surface area contributed by atoms with Crippen LogP contribution in [0.3, 0.4) is 0 Å². The Morgan fingerprint density at radius 3 is 2.29 bits per heavy atom. The molecule has 1 N–H and O–H groups in total. The molecule has 3 aliphatic rings. The van der Waals surface area contributed by atoms with E-state index in [0.717, 1.165) is 47.0 Å². The van der Waals surface area contributed by atoms with Crippen LogP contribution in [0.1, 0.15) is 30.1 Å². The molecule has 3 nitrogen and oxygen atoms in total. The smallest absolute Gasteiger partial charge is 0.131 e. The van der Waals surface area contributed by atoms with Crippen molar-refractivity contribution in [2.75, 3.05) is 13.1 Å². The van der Waals surface area contributed by atoms with Gasteiger partial charge in [-0.05, 0) is 51.2 Å². The Bertz CT molecular complexity index is 1590. The number of piperidine rings is 3. The zero-order valence-electron chi connectivity index (χ0n) is 21.5. The zero-order chi connectivity index (χ0) is 25.0. The van der Waals surface area contributed by atoms with Crippen molar-refractivity contribution in [3.8, 4) is 0 Å². The number of aromatic nitrogens is 1. The normalized spacial score (nSPS) is 25.3. The molecule has 5 aromatic rings. The number of nitrogens with zero attached hydrogens (tertiary/aromatic N) is 2. The minimum Gasteiger partial charge on any atom is -1.00 e. The second-order valence-electron chi connectivity index (χ2n) is 11.2. The summed E-state index contributed by atoms with van der Waals surface area (Å²) in [7, 11) is 0. The van der Waals surface area contributed by atoms with Gasteiger partial charge < -0.3 is 22.0 Å². The van der Waals surface area contributed by atoms with Crippen molar-refractivity contribution < 1.29 is 22.0 Å². The standard InChI is InChI=1S/C34H33N2O.ClH/c1-2-23-21-36(22-31-27-11-5-3-9-25(27)19-26-10-4-6-12-28(26)31)18-16-24(23)20-33(36)34(37)30-15-17-35-32-14-8-7-13-29(30)32;/h2-15,17,19,23-24,33-34,37H,1,16,18,20-22H2;1H/q+1;/p-1/t23?,24?,33?,34-,36?;/m1./s1. The Labute approximate surface area is 230 Å². The van der Waals surface area contributed by atoms with Crippen molar-refractivity contribution in [1.82, 2.24) is 4.98 Å². The number of hydrogen-bond donors (Lipinski definition) is 1. The van der Waals surface area contributed by atoms with Crippen LogP contribution in [0.4, 0.5) is 0 Å². The van der Waals surface area contributed by atoms with Crippen molar-refractivity contribution in [1.29, 1.82) is 0 Å². The molecule has 4 aromatic carbocycles. The third-order valence-corrected chi connectivity index (χ3v) is 9.40. The molecule has 4 unspecified atom stereocenters. The van der Waals surface area contributed by atoms with E-state index in [-0.39, 0.29) is 18.4 Å². The molecule has 5 atom stereocenters. The number of quaternary nitrogens is 1. The summed E-state index contributed by atoms with van der Waals surface area (Å²) in [4.78, 5) is 4.57. The van der Waals surface area contributed by atoms with Gasteiger partial charge in [-0.2, -0.15) is 0 Å². The average molecular weight is 521 g/mol. The molecule has 2 bridgehead atoms. The minimum absolute atomic E-state index is 0. The summed E-state index contributed by atoms with van der Waals surface area (Å²) in [6, 6.07) is 30.3. The lowest BCUT2D eigenvalue weighted by atomic mass is 9.71. The number of aliphatic hydroxyl groups is 1. The fourth-order valence-corrected chi connectivity index (χ4v) is 7.56. The maximum absolute atomic E-state index is 12.1. The van der Waals surface area contributed by atoms with Gasteiger partial charge in [0, 0.05) is 35.9 Å². The van der Waals surface area contributed by atoms with E-state index in [2.05, 4.69) is 78.3 Å². The Hall–Kier alpha value is -3.24. The van der Waals surface area contributed by atoms with Crippen molar-refractivity contribution >= 4 is 32.4 Å². The van der Waals surface area contributed by atoms with Crippen molar-refractivity contribution in [3.05, 3.63) is 115 Å². The van der Waals surface area contributed by atoms with Gasteiger partial charge in [-0.15, -0.1) is 6.58 Å². The SMILES string of the molecule is C=CC1C[N+]2(Cc3c4ccccc4cc4ccccc34)CCC1CC2[C@H](O)c1ccnc2ccccc12.[Cl-]. The molecular weight excluding hydrogens is 488 g/mol. The lowest BCUT2D eigenvalue weighted by molar-refractivity contribution is -0.984. The molecular formula is C34H33ClN2O. The lowest BCUT2D eigenvalue weighted by Crippen LogP contribution is -3.00. The number of pyridine rings is 1. The van der Waals surface area contributed by atoms with Gasteiger partial charge in [0.05, 0.1) is 18.6 Å². The maximum atomic E-state index is 12.1. The minimum atomic E-state index is -0.539. The summed E-state index contributed by atoms with van der Waals surface area (Å²) < 4.78 is 0.906. The summed E-state index contributed by atoms with van der Waals surface area (Å²) in [5.74, 6) is 1.09. The fraction of sp³-hybridized carbons (Fsp3) is 0.265. The first kappa shape index (κ1) is 25.1. The molecule has 8 rings (SSSR count). The van der Waals surface area contributed by atoms with Gasteiger partial charge in [0.1, 0.15) is 18.7 Å². The Morgan fingerprint density at radius 1 is 0.921 bits per heavy atom. The molecule has 192 valence electrons. The second kappa shape index (κ2) is 9.81. The highest BCUT2D eigenvalue weighted by Crippen LogP contribution is 2.49. The van der Waals surface area contributed by atoms with E-state index in [0.29, 0.717) is 11.8 Å². The van der Waals surface area contributed by atoms with Crippen LogP contribution >= 0.6 is 0 Å². The molecule has 0 aliphatic carbocycles. The Kier molecular flexibility index (Phi) is 6.47. The largest absolute Gasteiger partial charge is 1.00 e. The summed E-state index contributed by atoms with van der Waals surface area (Å²) in [6.45, 7) is 7.28. The molecule has 1 aromatic heterocycles. The number of fused-ring (bicyclic) bond motifs is 6. The van der Waals surface area contributed by atoms with Gasteiger partial charge >= 0.3 is 0 Å². The van der Waals surface area contributed by atoms with Crippen LogP contribution in [0, 0.1) is 11.8 Å². The van der Waals surface area contributed by atoms with E-state index >= 15 is 0 Å². The van der Waals surface area contributed by atoms with Crippen LogP contribution in [0.15, 0.2) is 104 Å². The van der Waals surface area contributed by atoms with Crippen LogP contribution in [-0.4, -0.2) is 33.7 Å². The van der Waals surface area contributed by atoms with E-state index in [1.165, 1.54) is 33.5 Å². The molecule has 0 saturated carbocycles. The van der Waals surface area contributed by atoms with E-state index in [4.69, 9.17) is 0 Å². The summed E-state index contributed by atoms with van der Waals surface area (Å²) >= 11 is 0. The molecule has 3 saturated heterocycles. The van der Waals surface area contributed by atoms with Crippen LogP contribution in [0.2, 0.25) is 0 Å². The highest BCUT2D eigenvalue weighted by molar-refractivity contribution is 6.02.